The van der Waals surface area contributed by atoms with Crippen LogP contribution in [-0.2, 0) is 17.8 Å². The molecule has 5 nitrogen and oxygen atoms in total. The Hall–Kier alpha value is -1.72. The van der Waals surface area contributed by atoms with Gasteiger partial charge in [0.05, 0.1) is 10.9 Å². The molecule has 0 saturated heterocycles. The van der Waals surface area contributed by atoms with Gasteiger partial charge >= 0.3 is 0 Å². The molecule has 0 spiro atoms. The monoisotopic (exact) mass is 275 g/mol. The number of methoxy groups -OCH3 is 1. The lowest BCUT2D eigenvalue weighted by atomic mass is 10.1. The quantitative estimate of drug-likeness (QED) is 0.898. The molecule has 1 aliphatic carbocycles. The summed E-state index contributed by atoms with van der Waals surface area (Å²) in [5, 5.41) is 3.94. The van der Waals surface area contributed by atoms with Crippen LogP contribution in [0.5, 0.6) is 0 Å². The number of fused-ring (bicyclic) bond motifs is 2. The number of aromatic nitrogens is 2. The molecule has 2 N–H and O–H groups in total. The van der Waals surface area contributed by atoms with Gasteiger partial charge in [0.25, 0.3) is 5.56 Å². The van der Waals surface area contributed by atoms with E-state index in [-0.39, 0.29) is 13.0 Å². The van der Waals surface area contributed by atoms with Gasteiger partial charge in [0.15, 0.2) is 0 Å². The fourth-order valence-corrected chi connectivity index (χ4v) is 2.80. The Morgan fingerprint density at radius 3 is 3.00 bits per heavy atom. The van der Waals surface area contributed by atoms with Crippen LogP contribution in [0.2, 0.25) is 0 Å². The number of rotatable bonds is 3. The second-order valence-corrected chi connectivity index (χ2v) is 4.89. The van der Waals surface area contributed by atoms with E-state index in [0.717, 1.165) is 18.4 Å². The highest BCUT2D eigenvalue weighted by Crippen LogP contribution is 2.32. The molecule has 0 saturated carbocycles. The Balaban J connectivity index is 0.00000147. The lowest BCUT2D eigenvalue weighted by Gasteiger charge is -2.10. The predicted molar refractivity (Wildman–Crippen MR) is 79.9 cm³/mol. The van der Waals surface area contributed by atoms with E-state index < -0.39 is 0 Å². The van der Waals surface area contributed by atoms with E-state index in [0.29, 0.717) is 23.9 Å². The first kappa shape index (κ1) is 14.7. The van der Waals surface area contributed by atoms with Crippen LogP contribution in [0.4, 0.5) is 0 Å². The van der Waals surface area contributed by atoms with Crippen LogP contribution in [0.15, 0.2) is 16.9 Å². The second-order valence-electron chi connectivity index (χ2n) is 4.89. The minimum Gasteiger partial charge on any atom is -0.377 e. The van der Waals surface area contributed by atoms with Crippen molar-refractivity contribution in [3.8, 4) is 0 Å². The van der Waals surface area contributed by atoms with Gasteiger partial charge in [-0.15, -0.1) is 0 Å². The number of hydrogen-bond donors (Lipinski definition) is 2. The van der Waals surface area contributed by atoms with Crippen molar-refractivity contribution in [3.63, 3.8) is 0 Å². The molecule has 108 valence electrons. The zero-order valence-electron chi connectivity index (χ0n) is 11.1. The van der Waals surface area contributed by atoms with Gasteiger partial charge in [0, 0.05) is 13.2 Å². The maximum Gasteiger partial charge on any atom is 0.258 e. The fraction of sp³-hybridized carbons (Fsp3) is 0.467. The molecule has 0 fully saturated rings. The molecule has 0 bridgehead atoms. The van der Waals surface area contributed by atoms with Gasteiger partial charge < -0.3 is 15.0 Å². The normalized spacial score (nSPS) is 17.0. The van der Waals surface area contributed by atoms with Crippen LogP contribution >= 0.6 is 0 Å². The van der Waals surface area contributed by atoms with Crippen molar-refractivity contribution in [2.75, 3.05) is 14.2 Å². The zero-order valence-corrected chi connectivity index (χ0v) is 11.1. The van der Waals surface area contributed by atoms with Crippen LogP contribution in [0.1, 0.15) is 36.8 Å². The van der Waals surface area contributed by atoms with Crippen molar-refractivity contribution in [2.24, 2.45) is 0 Å². The number of aryl methyl sites for hydroxylation is 1. The first-order valence-corrected chi connectivity index (χ1v) is 6.45. The van der Waals surface area contributed by atoms with E-state index in [1.807, 2.05) is 19.2 Å². The molecule has 0 amide bonds. The number of hydrogen-bond acceptors (Lipinski definition) is 4. The SMILES string of the molecule is C.CNC1CCc2cc3nc(COC)[nH]c(=O)c3cc21. The van der Waals surface area contributed by atoms with Gasteiger partial charge in [-0.2, -0.15) is 0 Å². The molecule has 1 unspecified atom stereocenters. The highest BCUT2D eigenvalue weighted by molar-refractivity contribution is 5.80. The van der Waals surface area contributed by atoms with Gasteiger partial charge in [-0.3, -0.25) is 4.79 Å². The standard InChI is InChI=1S/C14H17N3O2.CH4/c1-15-11-4-3-8-5-12-10(6-9(8)11)14(18)17-13(16-12)7-19-2;/h5-6,11,15H,3-4,7H2,1-2H3,(H,16,17,18);1H4. The molecule has 1 aromatic heterocycles. The summed E-state index contributed by atoms with van der Waals surface area (Å²) in [4.78, 5) is 19.3. The van der Waals surface area contributed by atoms with Crippen molar-refractivity contribution < 1.29 is 4.74 Å². The highest BCUT2D eigenvalue weighted by atomic mass is 16.5. The third-order valence-corrected chi connectivity index (χ3v) is 3.72. The van der Waals surface area contributed by atoms with Gasteiger partial charge in [-0.05, 0) is 43.1 Å². The predicted octanol–water partition coefficient (Wildman–Crippen LogP) is 1.91. The molecule has 1 aliphatic rings. The minimum atomic E-state index is -0.0957. The van der Waals surface area contributed by atoms with Gasteiger partial charge in [0.1, 0.15) is 12.4 Å². The van der Waals surface area contributed by atoms with E-state index in [1.54, 1.807) is 7.11 Å². The highest BCUT2D eigenvalue weighted by Gasteiger charge is 2.22. The van der Waals surface area contributed by atoms with Gasteiger partial charge in [-0.25, -0.2) is 4.98 Å². The summed E-state index contributed by atoms with van der Waals surface area (Å²) in [6.07, 6.45) is 2.11. The molecule has 20 heavy (non-hydrogen) atoms. The number of ether oxygens (including phenoxy) is 1. The molecule has 3 rings (SSSR count). The van der Waals surface area contributed by atoms with Crippen molar-refractivity contribution in [1.82, 2.24) is 15.3 Å². The number of nitrogens with one attached hydrogen (secondary N) is 2. The number of benzene rings is 1. The molecular formula is C15H21N3O2. The number of nitrogens with zero attached hydrogens (tertiary/aromatic N) is 1. The average molecular weight is 275 g/mol. The summed E-state index contributed by atoms with van der Waals surface area (Å²) < 4.78 is 5.02. The second kappa shape index (κ2) is 5.73. The molecule has 2 aromatic rings. The molecule has 0 aliphatic heterocycles. The molecule has 1 heterocycles. The van der Waals surface area contributed by atoms with Crippen molar-refractivity contribution in [3.05, 3.63) is 39.4 Å². The van der Waals surface area contributed by atoms with E-state index in [9.17, 15) is 4.79 Å². The Morgan fingerprint density at radius 1 is 1.50 bits per heavy atom. The molecule has 1 atom stereocenters. The van der Waals surface area contributed by atoms with E-state index >= 15 is 0 Å². The third-order valence-electron chi connectivity index (χ3n) is 3.72. The Labute approximate surface area is 118 Å². The first-order valence-electron chi connectivity index (χ1n) is 6.45. The Bertz CT molecular complexity index is 679. The van der Waals surface area contributed by atoms with Crippen molar-refractivity contribution >= 4 is 10.9 Å². The van der Waals surface area contributed by atoms with Crippen LogP contribution < -0.4 is 10.9 Å². The third kappa shape index (κ3) is 2.34. The smallest absolute Gasteiger partial charge is 0.258 e. The van der Waals surface area contributed by atoms with Crippen molar-refractivity contribution in [2.45, 2.75) is 32.9 Å². The lowest BCUT2D eigenvalue weighted by Crippen LogP contribution is -2.15. The zero-order chi connectivity index (χ0) is 13.4. The molecular weight excluding hydrogens is 254 g/mol. The van der Waals surface area contributed by atoms with Gasteiger partial charge in [-0.1, -0.05) is 7.43 Å². The van der Waals surface area contributed by atoms with E-state index in [4.69, 9.17) is 4.74 Å². The summed E-state index contributed by atoms with van der Waals surface area (Å²) in [6, 6.07) is 4.36. The van der Waals surface area contributed by atoms with E-state index in [1.165, 1.54) is 11.1 Å². The summed E-state index contributed by atoms with van der Waals surface area (Å²) in [5.74, 6) is 0.572. The molecule has 0 radical (unpaired) electrons. The molecule has 5 heteroatoms. The molecule has 1 aromatic carbocycles. The minimum absolute atomic E-state index is 0. The summed E-state index contributed by atoms with van der Waals surface area (Å²) in [5.41, 5.74) is 3.17. The average Bonchev–Trinajstić information content (AvgIpc) is 2.79. The van der Waals surface area contributed by atoms with Crippen LogP contribution in [0.3, 0.4) is 0 Å². The van der Waals surface area contributed by atoms with E-state index in [2.05, 4.69) is 15.3 Å². The largest absolute Gasteiger partial charge is 0.377 e. The lowest BCUT2D eigenvalue weighted by molar-refractivity contribution is 0.178. The number of aromatic amines is 1. The van der Waals surface area contributed by atoms with Crippen LogP contribution in [0, 0.1) is 0 Å². The number of H-pyrrole nitrogens is 1. The van der Waals surface area contributed by atoms with Crippen LogP contribution in [-0.4, -0.2) is 24.1 Å². The topological polar surface area (TPSA) is 67.0 Å². The first-order chi connectivity index (χ1) is 9.22. The van der Waals surface area contributed by atoms with Crippen LogP contribution in [0.25, 0.3) is 10.9 Å². The summed E-state index contributed by atoms with van der Waals surface area (Å²) >= 11 is 0. The Morgan fingerprint density at radius 2 is 2.30 bits per heavy atom. The Kier molecular flexibility index (Phi) is 4.20. The maximum absolute atomic E-state index is 12.1. The maximum atomic E-state index is 12.1. The fourth-order valence-electron chi connectivity index (χ4n) is 2.80. The summed E-state index contributed by atoms with van der Waals surface area (Å²) in [6.45, 7) is 0.321. The summed E-state index contributed by atoms with van der Waals surface area (Å²) in [7, 11) is 3.54. The van der Waals surface area contributed by atoms with Crippen molar-refractivity contribution in [1.29, 1.82) is 0 Å². The van der Waals surface area contributed by atoms with Gasteiger partial charge in [0.2, 0.25) is 0 Å².